The molecule has 1 rings (SSSR count). The van der Waals surface area contributed by atoms with Gasteiger partial charge >= 0.3 is 125 Å². The average molecular weight is 432 g/mol. The second-order valence-corrected chi connectivity index (χ2v) is 23.6. The predicted octanol–water partition coefficient (Wildman–Crippen LogP) is 2.90. The summed E-state index contributed by atoms with van der Waals surface area (Å²) >= 11 is -3.10. The third-order valence-corrected chi connectivity index (χ3v) is 25.3. The molecule has 1 atom stereocenters. The fraction of sp³-hybridized carbons (Fsp3) is 0.733. The molecule has 0 saturated heterocycles. The van der Waals surface area contributed by atoms with E-state index in [1.54, 1.807) is 0 Å². The fourth-order valence-corrected chi connectivity index (χ4v) is 26.4. The van der Waals surface area contributed by atoms with Gasteiger partial charge in [-0.2, -0.15) is 0 Å². The quantitative estimate of drug-likeness (QED) is 0.599. The van der Waals surface area contributed by atoms with Gasteiger partial charge in [-0.3, -0.25) is 0 Å². The van der Waals surface area contributed by atoms with E-state index in [9.17, 15) is 0 Å². The SMILES string of the molecule is CCC(C)[C]1([Hf]([N](C)C)([N](C)C)[N](C)C)C=CC=C1. The van der Waals surface area contributed by atoms with Crippen molar-refractivity contribution in [3.05, 3.63) is 24.3 Å². The molecule has 0 aromatic heterocycles. The van der Waals surface area contributed by atoms with E-state index in [1.807, 2.05) is 0 Å². The van der Waals surface area contributed by atoms with Gasteiger partial charge in [-0.15, -0.1) is 0 Å². The third-order valence-electron chi connectivity index (χ3n) is 4.73. The van der Waals surface area contributed by atoms with Gasteiger partial charge in [0.05, 0.1) is 0 Å². The molecule has 0 radical (unpaired) electrons. The van der Waals surface area contributed by atoms with Crippen molar-refractivity contribution in [1.82, 2.24) is 8.66 Å². The van der Waals surface area contributed by atoms with E-state index in [4.69, 9.17) is 0 Å². The zero-order valence-electron chi connectivity index (χ0n) is 13.9. The van der Waals surface area contributed by atoms with E-state index in [1.165, 1.54) is 6.42 Å². The van der Waals surface area contributed by atoms with Gasteiger partial charge < -0.3 is 0 Å². The monoisotopic (exact) mass is 433 g/mol. The summed E-state index contributed by atoms with van der Waals surface area (Å²) in [5.74, 6) is 0.663. The van der Waals surface area contributed by atoms with Gasteiger partial charge in [0.25, 0.3) is 0 Å². The van der Waals surface area contributed by atoms with Crippen LogP contribution >= 0.6 is 0 Å². The van der Waals surface area contributed by atoms with E-state index in [0.717, 1.165) is 0 Å². The second kappa shape index (κ2) is 6.33. The average Bonchev–Trinajstić information content (AvgIpc) is 2.77. The molecule has 0 fully saturated rings. The molecule has 1 aliphatic carbocycles. The van der Waals surface area contributed by atoms with E-state index >= 15 is 0 Å². The van der Waals surface area contributed by atoms with Crippen molar-refractivity contribution in [3.63, 3.8) is 0 Å². The molecule has 110 valence electrons. The van der Waals surface area contributed by atoms with Crippen molar-refractivity contribution >= 4 is 0 Å². The van der Waals surface area contributed by atoms with Crippen molar-refractivity contribution in [3.8, 4) is 0 Å². The molecule has 0 bridgehead atoms. The molecule has 1 aliphatic rings. The first kappa shape index (κ1) is 17.3. The van der Waals surface area contributed by atoms with Gasteiger partial charge in [0.15, 0.2) is 0 Å². The van der Waals surface area contributed by atoms with Crippen LogP contribution < -0.4 is 0 Å². The summed E-state index contributed by atoms with van der Waals surface area (Å²) in [6, 6.07) is 0. The van der Waals surface area contributed by atoms with Gasteiger partial charge in [-0.25, -0.2) is 0 Å². The van der Waals surface area contributed by atoms with Crippen molar-refractivity contribution in [2.45, 2.75) is 23.4 Å². The molecule has 0 aromatic rings. The van der Waals surface area contributed by atoms with Crippen LogP contribution in [0.4, 0.5) is 0 Å². The summed E-state index contributed by atoms with van der Waals surface area (Å²) < 4.78 is 7.88. The number of nitrogens with zero attached hydrogens (tertiary/aromatic N) is 3. The molecule has 0 N–H and O–H groups in total. The van der Waals surface area contributed by atoms with Crippen LogP contribution in [0.1, 0.15) is 20.3 Å². The molecular formula is C15H31HfN3. The first-order chi connectivity index (χ1) is 8.77. The molecule has 0 aliphatic heterocycles. The van der Waals surface area contributed by atoms with E-state index < -0.39 is 20.8 Å². The Morgan fingerprint density at radius 3 is 1.53 bits per heavy atom. The van der Waals surface area contributed by atoms with Gasteiger partial charge in [-0.05, 0) is 0 Å². The van der Waals surface area contributed by atoms with E-state index in [2.05, 4.69) is 89.1 Å². The number of rotatable bonds is 6. The molecule has 3 nitrogen and oxygen atoms in total. The normalized spacial score (nSPS) is 19.9. The Bertz CT molecular complexity index is 325. The molecular weight excluding hydrogens is 401 g/mol. The van der Waals surface area contributed by atoms with E-state index in [-0.39, 0.29) is 3.17 Å². The van der Waals surface area contributed by atoms with Crippen molar-refractivity contribution in [2.75, 3.05) is 42.3 Å². The Morgan fingerprint density at radius 1 is 0.895 bits per heavy atom. The summed E-state index contributed by atoms with van der Waals surface area (Å²) in [6.07, 6.45) is 10.7. The third kappa shape index (κ3) is 2.45. The molecule has 0 spiro atoms. The number of hydrogen-bond donors (Lipinski definition) is 0. The number of allylic oxidation sites excluding steroid dienone is 4. The molecule has 0 amide bonds. The van der Waals surface area contributed by atoms with Crippen molar-refractivity contribution in [1.29, 1.82) is 0 Å². The van der Waals surface area contributed by atoms with Gasteiger partial charge in [0, 0.05) is 0 Å². The van der Waals surface area contributed by atoms with Crippen LogP contribution in [0.5, 0.6) is 0 Å². The minimum atomic E-state index is -3.10. The summed E-state index contributed by atoms with van der Waals surface area (Å²) in [5, 5.41) is 0. The van der Waals surface area contributed by atoms with Gasteiger partial charge in [0.2, 0.25) is 0 Å². The van der Waals surface area contributed by atoms with Crippen LogP contribution in [-0.4, -0.2) is 50.9 Å². The van der Waals surface area contributed by atoms with Crippen LogP contribution in [0.15, 0.2) is 24.3 Å². The van der Waals surface area contributed by atoms with Crippen molar-refractivity contribution < 1.29 is 20.8 Å². The van der Waals surface area contributed by atoms with Crippen molar-refractivity contribution in [2.24, 2.45) is 5.92 Å². The minimum absolute atomic E-state index is 0.220. The van der Waals surface area contributed by atoms with Crippen LogP contribution in [0.2, 0.25) is 3.17 Å². The molecule has 0 aromatic carbocycles. The summed E-state index contributed by atoms with van der Waals surface area (Å²) in [4.78, 5) is 0. The summed E-state index contributed by atoms with van der Waals surface area (Å²) in [7, 11) is 13.6. The first-order valence-corrected chi connectivity index (χ1v) is 13.8. The molecule has 19 heavy (non-hydrogen) atoms. The zero-order chi connectivity index (χ0) is 14.8. The zero-order valence-corrected chi connectivity index (χ0v) is 17.5. The van der Waals surface area contributed by atoms with Crippen LogP contribution in [0.25, 0.3) is 0 Å². The fourth-order valence-electron chi connectivity index (χ4n) is 4.07. The topological polar surface area (TPSA) is 9.72 Å². The molecule has 4 heteroatoms. The van der Waals surface area contributed by atoms with Crippen LogP contribution in [0, 0.1) is 5.92 Å². The Morgan fingerprint density at radius 2 is 1.26 bits per heavy atom. The summed E-state index contributed by atoms with van der Waals surface area (Å²) in [6.45, 7) is 4.72. The molecule has 1 unspecified atom stereocenters. The molecule has 0 saturated carbocycles. The van der Waals surface area contributed by atoms with Gasteiger partial charge in [0.1, 0.15) is 0 Å². The maximum absolute atomic E-state index is 3.10. The Labute approximate surface area is 125 Å². The molecule has 0 heterocycles. The first-order valence-electron chi connectivity index (χ1n) is 7.16. The summed E-state index contributed by atoms with van der Waals surface area (Å²) in [5.41, 5.74) is 0. The van der Waals surface area contributed by atoms with E-state index in [0.29, 0.717) is 5.92 Å². The Kier molecular flexibility index (Phi) is 5.76. The van der Waals surface area contributed by atoms with Gasteiger partial charge in [-0.1, -0.05) is 0 Å². The standard InChI is InChI=1S/C9H13.3C2H6N.Hf/c1-3-8(2)9-6-4-5-7-9;3*1-3-2;/h4-8H,3H2,1-2H3;3*1-2H3;/q;3*-1;+3. The Balaban J connectivity index is 3.52. The maximum atomic E-state index is 2.55. The van der Waals surface area contributed by atoms with Crippen LogP contribution in [-0.2, 0) is 20.8 Å². The Hall–Kier alpha value is 0.230. The number of hydrogen-bond acceptors (Lipinski definition) is 3. The van der Waals surface area contributed by atoms with Crippen LogP contribution in [0.3, 0.4) is 0 Å². The predicted molar refractivity (Wildman–Crippen MR) is 81.5 cm³/mol. The second-order valence-electron chi connectivity index (χ2n) is 6.28.